The van der Waals surface area contributed by atoms with Crippen molar-refractivity contribution < 1.29 is 23.8 Å². The van der Waals surface area contributed by atoms with E-state index in [2.05, 4.69) is 5.43 Å². The van der Waals surface area contributed by atoms with Crippen LogP contribution in [0.25, 0.3) is 0 Å². The number of carbonyl (C=O) groups excluding carboxylic acids is 1. The van der Waals surface area contributed by atoms with Gasteiger partial charge in [-0.1, -0.05) is 0 Å². The molecule has 0 radical (unpaired) electrons. The van der Waals surface area contributed by atoms with Gasteiger partial charge in [0, 0.05) is 0 Å². The fourth-order valence-electron chi connectivity index (χ4n) is 1.67. The van der Waals surface area contributed by atoms with Crippen molar-refractivity contribution in [2.75, 3.05) is 5.01 Å². The van der Waals surface area contributed by atoms with Crippen molar-refractivity contribution in [1.82, 2.24) is 5.43 Å². The van der Waals surface area contributed by atoms with E-state index in [1.807, 2.05) is 0 Å². The van der Waals surface area contributed by atoms with E-state index < -0.39 is 23.6 Å². The number of hydrogen-bond acceptors (Lipinski definition) is 3. The van der Waals surface area contributed by atoms with Crippen LogP contribution in [-0.4, -0.2) is 22.9 Å². The van der Waals surface area contributed by atoms with Gasteiger partial charge in [-0.15, -0.1) is 0 Å². The molecule has 0 fully saturated rings. The average Bonchev–Trinajstić information content (AvgIpc) is 2.29. The van der Waals surface area contributed by atoms with Crippen molar-refractivity contribution >= 4 is 17.9 Å². The van der Waals surface area contributed by atoms with Gasteiger partial charge in [-0.25, -0.2) is 19.4 Å². The molecule has 0 unspecified atom stereocenters. The first kappa shape index (κ1) is 16.7. The molecule has 7 heteroatoms. The molecule has 2 amide bonds. The molecule has 0 aromatic heterocycles. The van der Waals surface area contributed by atoms with Crippen LogP contribution in [0.2, 0.25) is 0 Å². The molecule has 0 bridgehead atoms. The molecule has 0 heterocycles. The van der Waals surface area contributed by atoms with Gasteiger partial charge in [-0.3, -0.25) is 0 Å². The maximum Gasteiger partial charge on any atom is 0.431 e. The Morgan fingerprint density at radius 3 is 2.10 bits per heavy atom. The zero-order valence-corrected chi connectivity index (χ0v) is 12.7. The predicted octanol–water partition coefficient (Wildman–Crippen LogP) is 3.37. The summed E-state index contributed by atoms with van der Waals surface area (Å²) in [5, 5.41) is 9.78. The van der Waals surface area contributed by atoms with Crippen LogP contribution in [-0.2, 0) is 4.74 Å². The first-order chi connectivity index (χ1) is 9.51. The van der Waals surface area contributed by atoms with Crippen molar-refractivity contribution in [3.8, 4) is 0 Å². The third-order valence-corrected chi connectivity index (χ3v) is 2.47. The molecular formula is C14H19FN2O4. The van der Waals surface area contributed by atoms with Gasteiger partial charge in [-0.2, -0.15) is 5.01 Å². The largest absolute Gasteiger partial charge is 0.463 e. The van der Waals surface area contributed by atoms with E-state index in [1.54, 1.807) is 20.8 Å². The third-order valence-electron chi connectivity index (χ3n) is 2.47. The fraction of sp³-hybridized carbons (Fsp3) is 0.429. The van der Waals surface area contributed by atoms with Crippen molar-refractivity contribution in [3.05, 3.63) is 29.1 Å². The number of hydrazine groups is 1. The number of hydrogen-bond donors (Lipinski definition) is 2. The molecule has 0 spiro atoms. The number of anilines is 1. The minimum Gasteiger partial charge on any atom is -0.463 e. The maximum absolute atomic E-state index is 13.6. The van der Waals surface area contributed by atoms with Crippen LogP contribution in [0.4, 0.5) is 19.7 Å². The lowest BCUT2D eigenvalue weighted by molar-refractivity contribution is 0.0518. The van der Waals surface area contributed by atoms with Gasteiger partial charge in [0.05, 0.1) is 5.69 Å². The molecule has 0 atom stereocenters. The van der Waals surface area contributed by atoms with Crippen LogP contribution in [0.1, 0.15) is 31.9 Å². The Balaban J connectivity index is 3.03. The molecule has 0 saturated carbocycles. The van der Waals surface area contributed by atoms with Crippen molar-refractivity contribution in [3.63, 3.8) is 0 Å². The SMILES string of the molecule is Cc1cc(N(NC(=O)OC(C)(C)C)C(=O)O)cc(C)c1F. The second kappa shape index (κ2) is 5.99. The Hall–Kier alpha value is -2.31. The standard InChI is InChI=1S/C14H19FN2O4/c1-8-6-10(7-9(2)11(8)15)17(13(19)20)16-12(18)21-14(3,4)5/h6-7H,1-5H3,(H,16,18)(H,19,20). The molecule has 0 aliphatic rings. The smallest absolute Gasteiger partial charge is 0.431 e. The number of halogens is 1. The number of amides is 2. The van der Waals surface area contributed by atoms with E-state index in [-0.39, 0.29) is 16.8 Å². The Morgan fingerprint density at radius 1 is 1.24 bits per heavy atom. The van der Waals surface area contributed by atoms with E-state index in [9.17, 15) is 19.1 Å². The van der Waals surface area contributed by atoms with E-state index in [0.29, 0.717) is 5.01 Å². The normalized spacial score (nSPS) is 11.0. The number of ether oxygens (including phenoxy) is 1. The molecule has 1 aromatic rings. The summed E-state index contributed by atoms with van der Waals surface area (Å²) < 4.78 is 18.6. The highest BCUT2D eigenvalue weighted by molar-refractivity contribution is 5.89. The van der Waals surface area contributed by atoms with E-state index in [0.717, 1.165) is 0 Å². The number of benzene rings is 1. The predicted molar refractivity (Wildman–Crippen MR) is 75.7 cm³/mol. The zero-order chi connectivity index (χ0) is 16.4. The maximum atomic E-state index is 13.6. The number of aryl methyl sites for hydroxylation is 2. The molecule has 116 valence electrons. The van der Waals surface area contributed by atoms with Crippen LogP contribution < -0.4 is 10.4 Å². The second-order valence-corrected chi connectivity index (χ2v) is 5.63. The molecular weight excluding hydrogens is 279 g/mol. The van der Waals surface area contributed by atoms with Gasteiger partial charge in [0.1, 0.15) is 11.4 Å². The number of carbonyl (C=O) groups is 2. The van der Waals surface area contributed by atoms with Crippen molar-refractivity contribution in [2.45, 2.75) is 40.2 Å². The van der Waals surface area contributed by atoms with Gasteiger partial charge in [-0.05, 0) is 57.9 Å². The average molecular weight is 298 g/mol. The van der Waals surface area contributed by atoms with Crippen molar-refractivity contribution in [1.29, 1.82) is 0 Å². The Bertz CT molecular complexity index is 544. The van der Waals surface area contributed by atoms with E-state index in [4.69, 9.17) is 4.74 Å². The van der Waals surface area contributed by atoms with E-state index >= 15 is 0 Å². The Kier molecular flexibility index (Phi) is 4.77. The van der Waals surface area contributed by atoms with Crippen LogP contribution in [0.5, 0.6) is 0 Å². The third kappa shape index (κ3) is 4.62. The minimum absolute atomic E-state index is 0.129. The molecule has 0 saturated heterocycles. The Labute approximate surface area is 122 Å². The quantitative estimate of drug-likeness (QED) is 0.779. The molecule has 6 nitrogen and oxygen atoms in total. The van der Waals surface area contributed by atoms with E-state index in [1.165, 1.54) is 26.0 Å². The van der Waals surface area contributed by atoms with Gasteiger partial charge in [0.25, 0.3) is 0 Å². The fourth-order valence-corrected chi connectivity index (χ4v) is 1.67. The molecule has 2 N–H and O–H groups in total. The first-order valence-electron chi connectivity index (χ1n) is 6.30. The van der Waals surface area contributed by atoms with Gasteiger partial charge in [0.15, 0.2) is 0 Å². The second-order valence-electron chi connectivity index (χ2n) is 5.63. The Morgan fingerprint density at radius 2 is 1.71 bits per heavy atom. The topological polar surface area (TPSA) is 78.9 Å². The molecule has 21 heavy (non-hydrogen) atoms. The van der Waals surface area contributed by atoms with Gasteiger partial charge >= 0.3 is 12.2 Å². The molecule has 1 aromatic carbocycles. The summed E-state index contributed by atoms with van der Waals surface area (Å²) in [6.07, 6.45) is -2.32. The van der Waals surface area contributed by atoms with Gasteiger partial charge in [0.2, 0.25) is 0 Å². The van der Waals surface area contributed by atoms with Crippen molar-refractivity contribution in [2.24, 2.45) is 0 Å². The number of carboxylic acid groups (broad SMARTS) is 1. The lowest BCUT2D eigenvalue weighted by atomic mass is 10.1. The van der Waals surface area contributed by atoms with Crippen LogP contribution in [0.3, 0.4) is 0 Å². The molecule has 0 aliphatic carbocycles. The summed E-state index contributed by atoms with van der Waals surface area (Å²) in [6.45, 7) is 8.00. The summed E-state index contributed by atoms with van der Waals surface area (Å²) >= 11 is 0. The van der Waals surface area contributed by atoms with Crippen LogP contribution >= 0.6 is 0 Å². The number of nitrogens with one attached hydrogen (secondary N) is 1. The minimum atomic E-state index is -1.41. The molecule has 1 rings (SSSR count). The van der Waals surface area contributed by atoms with Gasteiger partial charge < -0.3 is 9.84 Å². The van der Waals surface area contributed by atoms with Crippen LogP contribution in [0, 0.1) is 19.7 Å². The molecule has 0 aliphatic heterocycles. The lowest BCUT2D eigenvalue weighted by Crippen LogP contribution is -2.47. The highest BCUT2D eigenvalue weighted by Crippen LogP contribution is 2.21. The monoisotopic (exact) mass is 298 g/mol. The lowest BCUT2D eigenvalue weighted by Gasteiger charge is -2.24. The summed E-state index contributed by atoms with van der Waals surface area (Å²) in [4.78, 5) is 22.9. The summed E-state index contributed by atoms with van der Waals surface area (Å²) in [7, 11) is 0. The highest BCUT2D eigenvalue weighted by atomic mass is 19.1. The zero-order valence-electron chi connectivity index (χ0n) is 12.7. The number of rotatable bonds is 1. The highest BCUT2D eigenvalue weighted by Gasteiger charge is 2.23. The number of nitrogens with zero attached hydrogens (tertiary/aromatic N) is 1. The summed E-state index contributed by atoms with van der Waals surface area (Å²) in [6, 6.07) is 2.65. The summed E-state index contributed by atoms with van der Waals surface area (Å²) in [5.74, 6) is -0.415. The summed E-state index contributed by atoms with van der Waals surface area (Å²) in [5.41, 5.74) is 2.04. The van der Waals surface area contributed by atoms with Crippen LogP contribution in [0.15, 0.2) is 12.1 Å². The first-order valence-corrected chi connectivity index (χ1v) is 6.30.